The normalized spacial score (nSPS) is 11.9. The van der Waals surface area contributed by atoms with E-state index in [1.807, 2.05) is 0 Å². The Morgan fingerprint density at radius 1 is 0.500 bits per heavy atom. The molecular formula is C41H77NO4. The lowest BCUT2D eigenvalue weighted by atomic mass is 9.90. The summed E-state index contributed by atoms with van der Waals surface area (Å²) in [4.78, 5) is 26.3. The van der Waals surface area contributed by atoms with E-state index in [-0.39, 0.29) is 11.9 Å². The largest absolute Gasteiger partial charge is 0.465 e. The maximum absolute atomic E-state index is 12.0. The van der Waals surface area contributed by atoms with Crippen LogP contribution in [0.25, 0.3) is 0 Å². The van der Waals surface area contributed by atoms with Gasteiger partial charge in [-0.1, -0.05) is 141 Å². The van der Waals surface area contributed by atoms with Crippen LogP contribution in [-0.2, 0) is 19.1 Å². The van der Waals surface area contributed by atoms with Gasteiger partial charge in [0.05, 0.1) is 13.2 Å². The molecule has 0 radical (unpaired) electrons. The van der Waals surface area contributed by atoms with Crippen LogP contribution in [0.15, 0.2) is 24.3 Å². The maximum atomic E-state index is 12.0. The standard InChI is InChI=1S/C41H77NO4/c1-5-7-9-11-13-21-29-37-45-40(43)34-25-19-15-17-23-31-39(33-27-28-36-42(3)4)32-24-18-16-20-26-35-41(44)46-38-30-22-14-12-10-8-6-2/h13-14,21-22,39H,5-12,15-20,23-38H2,1-4H3/b21-13-,22-14-. The van der Waals surface area contributed by atoms with Gasteiger partial charge in [0.2, 0.25) is 0 Å². The fraction of sp³-hybridized carbons (Fsp3) is 0.854. The molecular weight excluding hydrogens is 570 g/mol. The Labute approximate surface area is 286 Å². The number of carbonyl (C=O) groups is 2. The van der Waals surface area contributed by atoms with Gasteiger partial charge in [-0.05, 0) is 84.3 Å². The highest BCUT2D eigenvalue weighted by Gasteiger charge is 2.10. The first-order valence-electron chi connectivity index (χ1n) is 19.8. The third-order valence-corrected chi connectivity index (χ3v) is 8.83. The van der Waals surface area contributed by atoms with E-state index in [2.05, 4.69) is 57.1 Å². The number of hydrogen-bond acceptors (Lipinski definition) is 5. The molecule has 0 saturated carbocycles. The molecule has 0 aliphatic heterocycles. The highest BCUT2D eigenvalue weighted by Crippen LogP contribution is 2.24. The van der Waals surface area contributed by atoms with Crippen molar-refractivity contribution in [1.29, 1.82) is 0 Å². The van der Waals surface area contributed by atoms with Crippen LogP contribution in [0.1, 0.15) is 187 Å². The summed E-state index contributed by atoms with van der Waals surface area (Å²) < 4.78 is 10.8. The Hall–Kier alpha value is -1.62. The van der Waals surface area contributed by atoms with Gasteiger partial charge in [0.1, 0.15) is 0 Å². The number of nitrogens with zero attached hydrogens (tertiary/aromatic N) is 1. The molecule has 0 bridgehead atoms. The first-order chi connectivity index (χ1) is 22.5. The first kappa shape index (κ1) is 44.4. The van der Waals surface area contributed by atoms with E-state index in [0.717, 1.165) is 57.3 Å². The number of ether oxygens (including phenoxy) is 2. The molecule has 0 heterocycles. The summed E-state index contributed by atoms with van der Waals surface area (Å²) in [6.45, 7) is 6.67. The van der Waals surface area contributed by atoms with Gasteiger partial charge >= 0.3 is 11.9 Å². The van der Waals surface area contributed by atoms with E-state index in [1.165, 1.54) is 116 Å². The summed E-state index contributed by atoms with van der Waals surface area (Å²) >= 11 is 0. The van der Waals surface area contributed by atoms with Crippen molar-refractivity contribution in [3.05, 3.63) is 24.3 Å². The van der Waals surface area contributed by atoms with E-state index in [9.17, 15) is 9.59 Å². The second kappa shape index (κ2) is 36.2. The van der Waals surface area contributed by atoms with E-state index in [1.54, 1.807) is 0 Å². The Morgan fingerprint density at radius 3 is 1.33 bits per heavy atom. The van der Waals surface area contributed by atoms with Gasteiger partial charge in [0.25, 0.3) is 0 Å². The minimum Gasteiger partial charge on any atom is -0.465 e. The molecule has 0 rings (SSSR count). The van der Waals surface area contributed by atoms with E-state index >= 15 is 0 Å². The zero-order valence-electron chi connectivity index (χ0n) is 31.2. The molecule has 0 aromatic heterocycles. The molecule has 0 aliphatic rings. The van der Waals surface area contributed by atoms with Crippen LogP contribution in [0, 0.1) is 5.92 Å². The van der Waals surface area contributed by atoms with Gasteiger partial charge in [-0.3, -0.25) is 9.59 Å². The van der Waals surface area contributed by atoms with Crippen LogP contribution in [-0.4, -0.2) is 50.7 Å². The van der Waals surface area contributed by atoms with Crippen LogP contribution in [0.5, 0.6) is 0 Å². The van der Waals surface area contributed by atoms with Crippen molar-refractivity contribution in [2.75, 3.05) is 33.9 Å². The predicted octanol–water partition coefficient (Wildman–Crippen LogP) is 11.9. The molecule has 0 N–H and O–H groups in total. The van der Waals surface area contributed by atoms with Gasteiger partial charge in [-0.25, -0.2) is 0 Å². The van der Waals surface area contributed by atoms with Crippen molar-refractivity contribution in [1.82, 2.24) is 4.90 Å². The summed E-state index contributed by atoms with van der Waals surface area (Å²) in [6.07, 6.45) is 39.8. The fourth-order valence-corrected chi connectivity index (χ4v) is 5.88. The molecule has 270 valence electrons. The molecule has 0 amide bonds. The SMILES string of the molecule is CCCCC/C=C\CCOC(=O)CCCCCCCC(CCCCCCCC(=O)OCC/C=C\CCCCC)CCCCN(C)C. The second-order valence-corrected chi connectivity index (χ2v) is 13.7. The molecule has 5 heteroatoms. The number of rotatable bonds is 35. The number of allylic oxidation sites excluding steroid dienone is 2. The third-order valence-electron chi connectivity index (χ3n) is 8.83. The minimum absolute atomic E-state index is 0.0337. The number of esters is 2. The summed E-state index contributed by atoms with van der Waals surface area (Å²) in [5.74, 6) is 0.774. The van der Waals surface area contributed by atoms with Crippen LogP contribution < -0.4 is 0 Å². The average molecular weight is 648 g/mol. The van der Waals surface area contributed by atoms with Gasteiger partial charge in [-0.15, -0.1) is 0 Å². The predicted molar refractivity (Wildman–Crippen MR) is 198 cm³/mol. The molecule has 0 saturated heterocycles. The summed E-state index contributed by atoms with van der Waals surface area (Å²) in [6, 6.07) is 0. The van der Waals surface area contributed by atoms with Crippen molar-refractivity contribution >= 4 is 11.9 Å². The van der Waals surface area contributed by atoms with Crippen molar-refractivity contribution in [3.8, 4) is 0 Å². The van der Waals surface area contributed by atoms with Gasteiger partial charge in [-0.2, -0.15) is 0 Å². The zero-order chi connectivity index (χ0) is 33.8. The molecule has 0 fully saturated rings. The van der Waals surface area contributed by atoms with Gasteiger partial charge in [0, 0.05) is 12.8 Å². The van der Waals surface area contributed by atoms with Gasteiger partial charge < -0.3 is 14.4 Å². The molecule has 46 heavy (non-hydrogen) atoms. The topological polar surface area (TPSA) is 55.8 Å². The molecule has 0 aromatic rings. The molecule has 0 spiro atoms. The highest BCUT2D eigenvalue weighted by molar-refractivity contribution is 5.69. The monoisotopic (exact) mass is 648 g/mol. The Bertz CT molecular complexity index is 665. The lowest BCUT2D eigenvalue weighted by Gasteiger charge is -2.18. The summed E-state index contributed by atoms with van der Waals surface area (Å²) in [5, 5.41) is 0. The number of hydrogen-bond donors (Lipinski definition) is 0. The number of carbonyl (C=O) groups excluding carboxylic acids is 2. The van der Waals surface area contributed by atoms with Crippen LogP contribution in [0.2, 0.25) is 0 Å². The van der Waals surface area contributed by atoms with Crippen molar-refractivity contribution in [2.24, 2.45) is 5.92 Å². The lowest BCUT2D eigenvalue weighted by Crippen LogP contribution is -2.13. The quantitative estimate of drug-likeness (QED) is 0.0389. The van der Waals surface area contributed by atoms with Crippen LogP contribution in [0.3, 0.4) is 0 Å². The molecule has 0 aliphatic carbocycles. The van der Waals surface area contributed by atoms with Crippen molar-refractivity contribution in [3.63, 3.8) is 0 Å². The fourth-order valence-electron chi connectivity index (χ4n) is 5.88. The van der Waals surface area contributed by atoms with Crippen LogP contribution >= 0.6 is 0 Å². The van der Waals surface area contributed by atoms with E-state index < -0.39 is 0 Å². The van der Waals surface area contributed by atoms with E-state index in [0.29, 0.717) is 26.1 Å². The van der Waals surface area contributed by atoms with Gasteiger partial charge in [0.15, 0.2) is 0 Å². The summed E-state index contributed by atoms with van der Waals surface area (Å²) in [7, 11) is 4.33. The highest BCUT2D eigenvalue weighted by atomic mass is 16.5. The molecule has 0 unspecified atom stereocenters. The lowest BCUT2D eigenvalue weighted by molar-refractivity contribution is -0.144. The Balaban J connectivity index is 3.92. The molecule has 0 aromatic carbocycles. The zero-order valence-corrected chi connectivity index (χ0v) is 31.2. The first-order valence-corrected chi connectivity index (χ1v) is 19.8. The van der Waals surface area contributed by atoms with Crippen LogP contribution in [0.4, 0.5) is 0 Å². The maximum Gasteiger partial charge on any atom is 0.305 e. The summed E-state index contributed by atoms with van der Waals surface area (Å²) in [5.41, 5.74) is 0. The minimum atomic E-state index is -0.0337. The third kappa shape index (κ3) is 35.2. The Morgan fingerprint density at radius 2 is 0.891 bits per heavy atom. The number of unbranched alkanes of at least 4 members (excludes halogenated alkanes) is 15. The van der Waals surface area contributed by atoms with Crippen molar-refractivity contribution in [2.45, 2.75) is 187 Å². The average Bonchev–Trinajstić information content (AvgIpc) is 3.04. The molecule has 5 nitrogen and oxygen atoms in total. The van der Waals surface area contributed by atoms with Crippen molar-refractivity contribution < 1.29 is 19.1 Å². The molecule has 0 atom stereocenters. The second-order valence-electron chi connectivity index (χ2n) is 13.7. The Kier molecular flexibility index (Phi) is 34.9. The smallest absolute Gasteiger partial charge is 0.305 e. The van der Waals surface area contributed by atoms with E-state index in [4.69, 9.17) is 9.47 Å².